The molecule has 1 rings (SSSR count). The number of halogens is 3. The van der Waals surface area contributed by atoms with Gasteiger partial charge in [0.15, 0.2) is 0 Å². The highest BCUT2D eigenvalue weighted by Gasteiger charge is 2.29. The summed E-state index contributed by atoms with van der Waals surface area (Å²) in [5.41, 5.74) is -0.0315. The summed E-state index contributed by atoms with van der Waals surface area (Å²) in [5, 5.41) is 0. The number of unbranched alkanes of at least 4 members (excludes halogenated alkanes) is 2. The van der Waals surface area contributed by atoms with Gasteiger partial charge in [-0.2, -0.15) is 0 Å². The van der Waals surface area contributed by atoms with E-state index in [-0.39, 0.29) is 12.0 Å². The molecule has 1 aromatic rings. The number of rotatable bonds is 10. The van der Waals surface area contributed by atoms with E-state index in [1.54, 1.807) is 0 Å². The maximum absolute atomic E-state index is 13.5. The van der Waals surface area contributed by atoms with Gasteiger partial charge in [0.25, 0.3) is 0 Å². The van der Waals surface area contributed by atoms with Gasteiger partial charge in [0.1, 0.15) is 17.5 Å². The van der Waals surface area contributed by atoms with Crippen molar-refractivity contribution in [2.75, 3.05) is 13.2 Å². The molecule has 0 unspecified atom stereocenters. The Morgan fingerprint density at radius 1 is 0.909 bits per heavy atom. The van der Waals surface area contributed by atoms with E-state index in [4.69, 9.17) is 8.85 Å². The van der Waals surface area contributed by atoms with Crippen molar-refractivity contribution >= 4 is 8.56 Å². The van der Waals surface area contributed by atoms with Crippen LogP contribution in [0.4, 0.5) is 13.2 Å². The van der Waals surface area contributed by atoms with Gasteiger partial charge in [0.2, 0.25) is 0 Å². The van der Waals surface area contributed by atoms with E-state index in [0.29, 0.717) is 19.6 Å². The average Bonchev–Trinajstić information content (AvgIpc) is 2.41. The molecule has 0 heterocycles. The summed E-state index contributed by atoms with van der Waals surface area (Å²) in [6.07, 6.45) is 2.66. The first-order valence-electron chi connectivity index (χ1n) is 7.83. The highest BCUT2D eigenvalue weighted by atomic mass is 28.4. The molecule has 0 aliphatic rings. The van der Waals surface area contributed by atoms with Crippen molar-refractivity contribution in [3.63, 3.8) is 0 Å². The maximum atomic E-state index is 13.5. The zero-order chi connectivity index (χ0) is 16.6. The summed E-state index contributed by atoms with van der Waals surface area (Å²) >= 11 is 0. The largest absolute Gasteiger partial charge is 0.395 e. The lowest BCUT2D eigenvalue weighted by Crippen LogP contribution is -2.38. The van der Waals surface area contributed by atoms with Gasteiger partial charge in [-0.25, -0.2) is 13.2 Å². The van der Waals surface area contributed by atoms with Gasteiger partial charge in [-0.05, 0) is 39.3 Å². The van der Waals surface area contributed by atoms with Crippen LogP contribution in [-0.2, 0) is 15.3 Å². The summed E-state index contributed by atoms with van der Waals surface area (Å²) in [4.78, 5) is 0. The fourth-order valence-corrected chi connectivity index (χ4v) is 5.02. The van der Waals surface area contributed by atoms with Crippen molar-refractivity contribution in [1.82, 2.24) is 0 Å². The zero-order valence-electron chi connectivity index (χ0n) is 13.6. The smallest absolute Gasteiger partial charge is 0.334 e. The third-order valence-electron chi connectivity index (χ3n) is 3.56. The second-order valence-corrected chi connectivity index (χ2v) is 8.75. The average molecular weight is 334 g/mol. The zero-order valence-corrected chi connectivity index (χ0v) is 14.6. The van der Waals surface area contributed by atoms with Crippen LogP contribution in [0.3, 0.4) is 0 Å². The summed E-state index contributed by atoms with van der Waals surface area (Å²) < 4.78 is 51.3. The lowest BCUT2D eigenvalue weighted by atomic mass is 10.1. The molecular formula is C16H25F3O2Si. The Kier molecular flexibility index (Phi) is 8.13. The Bertz CT molecular complexity index is 440. The van der Waals surface area contributed by atoms with Gasteiger partial charge in [-0.3, -0.25) is 0 Å². The molecule has 0 amide bonds. The Hall–Kier alpha value is -0.853. The first-order valence-corrected chi connectivity index (χ1v) is 10.4. The van der Waals surface area contributed by atoms with Gasteiger partial charge < -0.3 is 8.85 Å². The first-order chi connectivity index (χ1) is 10.4. The van der Waals surface area contributed by atoms with Crippen LogP contribution in [0.25, 0.3) is 0 Å². The van der Waals surface area contributed by atoms with Crippen molar-refractivity contribution in [1.29, 1.82) is 0 Å². The highest BCUT2D eigenvalue weighted by molar-refractivity contribution is 6.66. The van der Waals surface area contributed by atoms with Gasteiger partial charge in [-0.1, -0.05) is 12.8 Å². The molecule has 0 aliphatic carbocycles. The molecule has 0 bridgehead atoms. The Labute approximate surface area is 131 Å². The molecule has 126 valence electrons. The molecule has 0 N–H and O–H groups in total. The molecule has 1 aromatic carbocycles. The van der Waals surface area contributed by atoms with Crippen LogP contribution in [0, 0.1) is 17.5 Å². The predicted molar refractivity (Wildman–Crippen MR) is 83.5 cm³/mol. The predicted octanol–water partition coefficient (Wildman–Crippen LogP) is 4.96. The van der Waals surface area contributed by atoms with E-state index in [0.717, 1.165) is 31.0 Å². The van der Waals surface area contributed by atoms with Crippen LogP contribution < -0.4 is 0 Å². The third-order valence-corrected chi connectivity index (χ3v) is 6.62. The minimum absolute atomic E-state index is 0.0315. The molecular weight excluding hydrogens is 309 g/mol. The highest BCUT2D eigenvalue weighted by Crippen LogP contribution is 2.21. The minimum Gasteiger partial charge on any atom is -0.395 e. The van der Waals surface area contributed by atoms with E-state index in [1.807, 2.05) is 20.4 Å². The fraction of sp³-hybridized carbons (Fsp3) is 0.625. The van der Waals surface area contributed by atoms with Crippen molar-refractivity contribution in [3.05, 3.63) is 35.1 Å². The monoisotopic (exact) mass is 334 g/mol. The maximum Gasteiger partial charge on any atom is 0.334 e. The summed E-state index contributed by atoms with van der Waals surface area (Å²) in [7, 11) is -2.11. The molecule has 0 aliphatic heterocycles. The molecule has 6 heteroatoms. The molecule has 2 nitrogen and oxygen atoms in total. The summed E-state index contributed by atoms with van der Waals surface area (Å²) in [6, 6.07) is 2.32. The first kappa shape index (κ1) is 19.2. The number of benzene rings is 1. The van der Waals surface area contributed by atoms with Crippen LogP contribution in [0.1, 0.15) is 38.7 Å². The van der Waals surface area contributed by atoms with E-state index in [2.05, 4.69) is 0 Å². The van der Waals surface area contributed by atoms with Gasteiger partial charge in [0.05, 0.1) is 0 Å². The summed E-state index contributed by atoms with van der Waals surface area (Å²) in [5.74, 6) is -2.49. The lowest BCUT2D eigenvalue weighted by molar-refractivity contribution is 0.188. The molecule has 0 aromatic heterocycles. The molecule has 0 saturated carbocycles. The van der Waals surface area contributed by atoms with Gasteiger partial charge in [0, 0.05) is 30.9 Å². The molecule has 0 atom stereocenters. The summed E-state index contributed by atoms with van der Waals surface area (Å²) in [6.45, 7) is 7.21. The van der Waals surface area contributed by atoms with Crippen LogP contribution >= 0.6 is 0 Å². The van der Waals surface area contributed by atoms with Crippen molar-refractivity contribution in [2.45, 2.75) is 52.1 Å². The Morgan fingerprint density at radius 2 is 1.45 bits per heavy atom. The molecule has 0 radical (unpaired) electrons. The van der Waals surface area contributed by atoms with Crippen LogP contribution in [-0.4, -0.2) is 21.8 Å². The second kappa shape index (κ2) is 9.32. The number of hydrogen-bond donors (Lipinski definition) is 0. The van der Waals surface area contributed by atoms with Crippen molar-refractivity contribution < 1.29 is 22.0 Å². The second-order valence-electron chi connectivity index (χ2n) is 5.41. The molecule has 0 spiro atoms. The fourth-order valence-electron chi connectivity index (χ4n) is 2.53. The topological polar surface area (TPSA) is 18.5 Å². The Morgan fingerprint density at radius 3 is 1.95 bits per heavy atom. The van der Waals surface area contributed by atoms with E-state index >= 15 is 0 Å². The van der Waals surface area contributed by atoms with Crippen molar-refractivity contribution in [3.8, 4) is 0 Å². The van der Waals surface area contributed by atoms with E-state index in [9.17, 15) is 13.2 Å². The van der Waals surface area contributed by atoms with E-state index < -0.39 is 26.0 Å². The lowest BCUT2D eigenvalue weighted by Gasteiger charge is -2.25. The molecule has 22 heavy (non-hydrogen) atoms. The SMILES string of the molecule is CCO[Si](C)(CCCCCc1c(F)cc(F)cc1F)OCC. The minimum atomic E-state index is -2.11. The Balaban J connectivity index is 2.39. The molecule has 0 saturated heterocycles. The quantitative estimate of drug-likeness (QED) is 0.445. The van der Waals surface area contributed by atoms with Crippen molar-refractivity contribution in [2.24, 2.45) is 0 Å². The number of hydrogen-bond acceptors (Lipinski definition) is 2. The standard InChI is InChI=1S/C16H25F3O2Si/c1-4-20-22(3,21-5-2)10-8-6-7-9-14-15(18)11-13(17)12-16(14)19/h11-12H,4-10H2,1-3H3. The van der Waals surface area contributed by atoms with E-state index in [1.165, 1.54) is 0 Å². The van der Waals surface area contributed by atoms with Crippen LogP contribution in [0.2, 0.25) is 12.6 Å². The van der Waals surface area contributed by atoms with Crippen LogP contribution in [0.5, 0.6) is 0 Å². The van der Waals surface area contributed by atoms with Crippen LogP contribution in [0.15, 0.2) is 12.1 Å². The normalized spacial score (nSPS) is 11.9. The molecule has 0 fully saturated rings. The third kappa shape index (κ3) is 6.10. The van der Waals surface area contributed by atoms with Gasteiger partial charge >= 0.3 is 8.56 Å². The van der Waals surface area contributed by atoms with Gasteiger partial charge in [-0.15, -0.1) is 0 Å².